The van der Waals surface area contributed by atoms with E-state index in [0.717, 1.165) is 23.6 Å². The van der Waals surface area contributed by atoms with E-state index in [0.29, 0.717) is 24.7 Å². The fourth-order valence-corrected chi connectivity index (χ4v) is 3.58. The Bertz CT molecular complexity index is 1170. The molecule has 2 aromatic carbocycles. The number of fused-ring (bicyclic) bond motifs is 1. The number of aromatic nitrogens is 2. The summed E-state index contributed by atoms with van der Waals surface area (Å²) in [7, 11) is 0. The predicted octanol–water partition coefficient (Wildman–Crippen LogP) is 3.12. The van der Waals surface area contributed by atoms with Gasteiger partial charge in [-0.3, -0.25) is 15.0 Å². The maximum atomic E-state index is 14.3. The molecule has 0 aliphatic carbocycles. The molecule has 1 aliphatic heterocycles. The van der Waals surface area contributed by atoms with Gasteiger partial charge in [0.1, 0.15) is 22.8 Å². The number of halogens is 3. The number of aryl methyl sites for hydroxylation is 1. The van der Waals surface area contributed by atoms with Gasteiger partial charge in [0.15, 0.2) is 0 Å². The summed E-state index contributed by atoms with van der Waals surface area (Å²) in [5, 5.41) is -0.398. The topological polar surface area (TPSA) is 67.2 Å². The second-order valence-electron chi connectivity index (χ2n) is 7.19. The minimum absolute atomic E-state index is 0.0146. The zero-order chi connectivity index (χ0) is 21.3. The van der Waals surface area contributed by atoms with E-state index in [1.54, 1.807) is 17.0 Å². The first-order chi connectivity index (χ1) is 14.4. The Labute approximate surface area is 169 Å². The van der Waals surface area contributed by atoms with E-state index in [1.165, 1.54) is 12.1 Å². The largest absolute Gasteiger partial charge is 0.341 e. The van der Waals surface area contributed by atoms with Gasteiger partial charge in [-0.1, -0.05) is 12.1 Å². The maximum Gasteiger partial charge on any atom is 0.284 e. The van der Waals surface area contributed by atoms with Crippen molar-refractivity contribution in [1.29, 1.82) is 0 Å². The van der Waals surface area contributed by atoms with Crippen LogP contribution in [-0.2, 0) is 11.2 Å². The van der Waals surface area contributed by atoms with Crippen LogP contribution in [0.2, 0.25) is 0 Å². The van der Waals surface area contributed by atoms with E-state index < -0.39 is 34.3 Å². The average molecular weight is 416 g/mol. The molecule has 0 bridgehead atoms. The molecule has 1 saturated heterocycles. The lowest BCUT2D eigenvalue weighted by Crippen LogP contribution is -2.39. The number of hydrogen-bond acceptors (Lipinski definition) is 4. The summed E-state index contributed by atoms with van der Waals surface area (Å²) in [6.45, 7) is 1.21. The number of carbonyl (C=O) groups is 1. The SMILES string of the molecule is O=C(CCc1cccc(F)c1)Nn1c(N2CCCC2)nc2cc(F)cc(F)c2c1=O. The van der Waals surface area contributed by atoms with Gasteiger partial charge in [0.25, 0.3) is 5.56 Å². The average Bonchev–Trinajstić information content (AvgIpc) is 3.22. The van der Waals surface area contributed by atoms with Crippen molar-refractivity contribution in [2.24, 2.45) is 0 Å². The van der Waals surface area contributed by atoms with Crippen molar-refractivity contribution in [1.82, 2.24) is 9.66 Å². The van der Waals surface area contributed by atoms with Crippen LogP contribution in [0.3, 0.4) is 0 Å². The normalized spacial score (nSPS) is 13.8. The van der Waals surface area contributed by atoms with Gasteiger partial charge in [0, 0.05) is 31.6 Å². The second-order valence-corrected chi connectivity index (χ2v) is 7.19. The molecule has 4 rings (SSSR count). The molecular formula is C21H19F3N4O2. The first-order valence-electron chi connectivity index (χ1n) is 9.63. The fourth-order valence-electron chi connectivity index (χ4n) is 3.58. The Morgan fingerprint density at radius 3 is 2.57 bits per heavy atom. The van der Waals surface area contributed by atoms with Crippen molar-refractivity contribution in [2.75, 3.05) is 23.4 Å². The van der Waals surface area contributed by atoms with E-state index in [-0.39, 0.29) is 24.3 Å². The van der Waals surface area contributed by atoms with Crippen molar-refractivity contribution in [3.63, 3.8) is 0 Å². The Kier molecular flexibility index (Phi) is 5.43. The molecule has 1 aliphatic rings. The molecule has 0 atom stereocenters. The number of carbonyl (C=O) groups excluding carboxylic acids is 1. The Balaban J connectivity index is 1.67. The zero-order valence-electron chi connectivity index (χ0n) is 16.0. The van der Waals surface area contributed by atoms with E-state index in [9.17, 15) is 22.8 Å². The minimum Gasteiger partial charge on any atom is -0.341 e. The van der Waals surface area contributed by atoms with Crippen molar-refractivity contribution in [2.45, 2.75) is 25.7 Å². The number of hydrogen-bond donors (Lipinski definition) is 1. The summed E-state index contributed by atoms with van der Waals surface area (Å²) in [6.07, 6.45) is 2.00. The Morgan fingerprint density at radius 1 is 1.07 bits per heavy atom. The smallest absolute Gasteiger partial charge is 0.284 e. The molecule has 9 heteroatoms. The van der Waals surface area contributed by atoms with Crippen molar-refractivity contribution in [3.05, 3.63) is 69.8 Å². The zero-order valence-corrected chi connectivity index (χ0v) is 16.0. The minimum atomic E-state index is -1.04. The third kappa shape index (κ3) is 4.00. The molecule has 0 saturated carbocycles. The molecule has 6 nitrogen and oxygen atoms in total. The number of benzene rings is 2. The van der Waals surface area contributed by atoms with Crippen molar-refractivity contribution in [3.8, 4) is 0 Å². The quantitative estimate of drug-likeness (QED) is 0.694. The molecule has 1 amide bonds. The van der Waals surface area contributed by atoms with Gasteiger partial charge in [-0.25, -0.2) is 18.2 Å². The number of amides is 1. The molecule has 30 heavy (non-hydrogen) atoms. The van der Waals surface area contributed by atoms with Crippen molar-refractivity contribution < 1.29 is 18.0 Å². The van der Waals surface area contributed by atoms with E-state index in [4.69, 9.17) is 0 Å². The summed E-state index contributed by atoms with van der Waals surface area (Å²) in [4.78, 5) is 31.5. The van der Waals surface area contributed by atoms with Gasteiger partial charge in [-0.15, -0.1) is 0 Å². The van der Waals surface area contributed by atoms with Gasteiger partial charge in [-0.05, 0) is 37.0 Å². The lowest BCUT2D eigenvalue weighted by atomic mass is 10.1. The molecule has 1 N–H and O–H groups in total. The van der Waals surface area contributed by atoms with E-state index in [1.807, 2.05) is 0 Å². The summed E-state index contributed by atoms with van der Waals surface area (Å²) >= 11 is 0. The first-order valence-corrected chi connectivity index (χ1v) is 9.63. The molecule has 0 spiro atoms. The molecule has 2 heterocycles. The third-order valence-electron chi connectivity index (χ3n) is 5.03. The highest BCUT2D eigenvalue weighted by Crippen LogP contribution is 2.21. The van der Waals surface area contributed by atoms with E-state index >= 15 is 0 Å². The molecule has 0 unspecified atom stereocenters. The van der Waals surface area contributed by atoms with Crippen LogP contribution in [0.4, 0.5) is 19.1 Å². The molecule has 1 aromatic heterocycles. The fraction of sp³-hybridized carbons (Fsp3) is 0.286. The van der Waals surface area contributed by atoms with Gasteiger partial charge < -0.3 is 4.90 Å². The van der Waals surface area contributed by atoms with Crippen LogP contribution in [0.25, 0.3) is 10.9 Å². The van der Waals surface area contributed by atoms with Crippen LogP contribution in [0.1, 0.15) is 24.8 Å². The summed E-state index contributed by atoms with van der Waals surface area (Å²) in [5.74, 6) is -2.66. The van der Waals surface area contributed by atoms with Crippen LogP contribution in [0, 0.1) is 17.5 Å². The van der Waals surface area contributed by atoms with Crippen LogP contribution in [0.15, 0.2) is 41.2 Å². The number of anilines is 1. The van der Waals surface area contributed by atoms with E-state index in [2.05, 4.69) is 10.4 Å². The van der Waals surface area contributed by atoms with Gasteiger partial charge in [0.2, 0.25) is 11.9 Å². The monoisotopic (exact) mass is 416 g/mol. The summed E-state index contributed by atoms with van der Waals surface area (Å²) in [6, 6.07) is 7.49. The summed E-state index contributed by atoms with van der Waals surface area (Å²) in [5.41, 5.74) is 2.19. The Hall–Kier alpha value is -3.36. The number of nitrogens with zero attached hydrogens (tertiary/aromatic N) is 3. The van der Waals surface area contributed by atoms with Gasteiger partial charge >= 0.3 is 0 Å². The number of nitrogens with one attached hydrogen (secondary N) is 1. The van der Waals surface area contributed by atoms with Gasteiger partial charge in [0.05, 0.1) is 5.52 Å². The molecule has 156 valence electrons. The lowest BCUT2D eigenvalue weighted by molar-refractivity contribution is -0.117. The third-order valence-corrected chi connectivity index (χ3v) is 5.03. The van der Waals surface area contributed by atoms with Crippen LogP contribution >= 0.6 is 0 Å². The molecule has 3 aromatic rings. The van der Waals surface area contributed by atoms with Crippen LogP contribution in [0.5, 0.6) is 0 Å². The van der Waals surface area contributed by atoms with Gasteiger partial charge in [-0.2, -0.15) is 4.68 Å². The molecular weight excluding hydrogens is 397 g/mol. The lowest BCUT2D eigenvalue weighted by Gasteiger charge is -2.22. The number of rotatable bonds is 5. The van der Waals surface area contributed by atoms with Crippen LogP contribution < -0.4 is 15.9 Å². The highest BCUT2D eigenvalue weighted by molar-refractivity contribution is 5.86. The standard InChI is InChI=1S/C21H19F3N4O2/c22-14-5-3-4-13(10-14)6-7-18(29)26-28-20(30)19-16(24)11-15(23)12-17(19)25-21(28)27-8-1-2-9-27/h3-5,10-12H,1-2,6-9H2,(H,26,29). The van der Waals surface area contributed by atoms with Crippen molar-refractivity contribution >= 4 is 22.8 Å². The highest BCUT2D eigenvalue weighted by Gasteiger charge is 2.23. The maximum absolute atomic E-state index is 14.3. The summed E-state index contributed by atoms with van der Waals surface area (Å²) < 4.78 is 42.2. The first kappa shape index (κ1) is 19.9. The predicted molar refractivity (Wildman–Crippen MR) is 106 cm³/mol. The molecule has 1 fully saturated rings. The molecule has 0 radical (unpaired) electrons. The highest BCUT2D eigenvalue weighted by atomic mass is 19.1. The Morgan fingerprint density at radius 2 is 1.83 bits per heavy atom. The van der Waals surface area contributed by atoms with Crippen LogP contribution in [-0.4, -0.2) is 28.7 Å². The second kappa shape index (κ2) is 8.17.